The number of aromatic nitrogens is 2. The number of para-hydroxylation sites is 1. The Hall–Kier alpha value is -4.17. The lowest BCUT2D eigenvalue weighted by atomic mass is 9.96. The summed E-state index contributed by atoms with van der Waals surface area (Å²) in [5, 5.41) is 11.6. The lowest BCUT2D eigenvalue weighted by Crippen LogP contribution is -2.42. The molecule has 4 aromatic rings. The second kappa shape index (κ2) is 12.8. The van der Waals surface area contributed by atoms with Crippen LogP contribution in [0.15, 0.2) is 78.9 Å². The normalized spacial score (nSPS) is 14.4. The van der Waals surface area contributed by atoms with Gasteiger partial charge in [-0.15, -0.1) is 0 Å². The fourth-order valence-electron chi connectivity index (χ4n) is 5.10. The lowest BCUT2D eigenvalue weighted by molar-refractivity contribution is -0.117. The number of ether oxygens (including phenoxy) is 1. The minimum absolute atomic E-state index is 0.0303. The number of carbonyl (C=O) groups excluding carboxylic acids is 2. The quantitative estimate of drug-likeness (QED) is 0.286. The Bertz CT molecular complexity index is 1420. The van der Waals surface area contributed by atoms with Gasteiger partial charge in [0.15, 0.2) is 5.69 Å². The molecule has 2 N–H and O–H groups in total. The molecule has 8 heteroatoms. The lowest BCUT2D eigenvalue weighted by Gasteiger charge is -2.31. The molecule has 1 aromatic heterocycles. The van der Waals surface area contributed by atoms with Crippen LogP contribution in [0, 0.1) is 5.92 Å². The highest BCUT2D eigenvalue weighted by Gasteiger charge is 2.23. The average Bonchev–Trinajstić information content (AvgIpc) is 3.37. The molecule has 1 saturated heterocycles. The molecule has 3 aromatic carbocycles. The number of nitrogens with one attached hydrogen (secondary N) is 2. The SMILES string of the molecule is CC(C)n1nc(C(=O)NCC2CCN(CC(=O)Nc3ccc(OCc4ccccc4)cc3)CC2)c2ccccc21. The average molecular weight is 540 g/mol. The van der Waals surface area contributed by atoms with Gasteiger partial charge in [0, 0.05) is 23.7 Å². The van der Waals surface area contributed by atoms with Crippen LogP contribution >= 0.6 is 0 Å². The fraction of sp³-hybridized carbons (Fsp3) is 0.344. The number of carbonyl (C=O) groups is 2. The molecule has 0 bridgehead atoms. The number of hydrogen-bond acceptors (Lipinski definition) is 5. The Morgan fingerprint density at radius 2 is 1.65 bits per heavy atom. The topological polar surface area (TPSA) is 88.5 Å². The van der Waals surface area contributed by atoms with Gasteiger partial charge in [-0.2, -0.15) is 5.10 Å². The highest BCUT2D eigenvalue weighted by atomic mass is 16.5. The van der Waals surface area contributed by atoms with Crippen molar-refractivity contribution in [3.05, 3.63) is 90.1 Å². The highest BCUT2D eigenvalue weighted by molar-refractivity contribution is 6.04. The summed E-state index contributed by atoms with van der Waals surface area (Å²) in [6, 6.07) is 25.5. The molecular formula is C32H37N5O3. The molecule has 0 atom stereocenters. The molecule has 5 rings (SSSR count). The second-order valence-electron chi connectivity index (χ2n) is 10.7. The summed E-state index contributed by atoms with van der Waals surface area (Å²) in [5.74, 6) is 0.980. The molecule has 1 fully saturated rings. The van der Waals surface area contributed by atoms with Crippen molar-refractivity contribution in [2.24, 2.45) is 5.92 Å². The number of piperidine rings is 1. The van der Waals surface area contributed by atoms with Crippen LogP contribution in [0.2, 0.25) is 0 Å². The molecule has 40 heavy (non-hydrogen) atoms. The molecule has 8 nitrogen and oxygen atoms in total. The van der Waals surface area contributed by atoms with Crippen LogP contribution in [0.5, 0.6) is 5.75 Å². The number of anilines is 1. The minimum Gasteiger partial charge on any atom is -0.489 e. The van der Waals surface area contributed by atoms with Crippen molar-refractivity contribution in [1.82, 2.24) is 20.0 Å². The first-order valence-corrected chi connectivity index (χ1v) is 14.0. The summed E-state index contributed by atoms with van der Waals surface area (Å²) < 4.78 is 7.73. The summed E-state index contributed by atoms with van der Waals surface area (Å²) in [6.07, 6.45) is 1.87. The third kappa shape index (κ3) is 6.87. The Balaban J connectivity index is 1.04. The first kappa shape index (κ1) is 27.4. The Kier molecular flexibility index (Phi) is 8.76. The third-order valence-corrected chi connectivity index (χ3v) is 7.33. The third-order valence-electron chi connectivity index (χ3n) is 7.33. The standard InChI is InChI=1S/C32H37N5O3/c1-23(2)37-29-11-7-6-10-28(29)31(35-37)32(39)33-20-24-16-18-36(19-17-24)21-30(38)34-26-12-14-27(15-13-26)40-22-25-8-4-3-5-9-25/h3-15,23-24H,16-22H2,1-2H3,(H,33,39)(H,34,38). The maximum Gasteiger partial charge on any atom is 0.272 e. The first-order valence-electron chi connectivity index (χ1n) is 14.0. The van der Waals surface area contributed by atoms with Gasteiger partial charge in [0.25, 0.3) is 5.91 Å². The van der Waals surface area contributed by atoms with Crippen molar-refractivity contribution >= 4 is 28.4 Å². The van der Waals surface area contributed by atoms with Gasteiger partial charge < -0.3 is 15.4 Å². The fourth-order valence-corrected chi connectivity index (χ4v) is 5.10. The van der Waals surface area contributed by atoms with Gasteiger partial charge in [-0.3, -0.25) is 19.2 Å². The van der Waals surface area contributed by atoms with Crippen molar-refractivity contribution < 1.29 is 14.3 Å². The molecule has 0 unspecified atom stereocenters. The molecule has 0 spiro atoms. The summed E-state index contributed by atoms with van der Waals surface area (Å²) >= 11 is 0. The molecule has 1 aliphatic heterocycles. The van der Waals surface area contributed by atoms with E-state index in [2.05, 4.69) is 34.5 Å². The molecule has 208 valence electrons. The molecule has 0 aliphatic carbocycles. The van der Waals surface area contributed by atoms with Crippen LogP contribution in [0.25, 0.3) is 10.9 Å². The summed E-state index contributed by atoms with van der Waals surface area (Å²) in [7, 11) is 0. The molecule has 0 saturated carbocycles. The van der Waals surface area contributed by atoms with Crippen LogP contribution in [0.3, 0.4) is 0 Å². The summed E-state index contributed by atoms with van der Waals surface area (Å²) in [6.45, 7) is 7.24. The summed E-state index contributed by atoms with van der Waals surface area (Å²) in [5.41, 5.74) is 3.32. The second-order valence-corrected chi connectivity index (χ2v) is 10.7. The number of hydrogen-bond donors (Lipinski definition) is 2. The molecule has 2 amide bonds. The Morgan fingerprint density at radius 1 is 0.950 bits per heavy atom. The predicted molar refractivity (Wildman–Crippen MR) is 157 cm³/mol. The number of amides is 2. The van der Waals surface area contributed by atoms with E-state index in [1.807, 2.05) is 83.5 Å². The van der Waals surface area contributed by atoms with Crippen LogP contribution in [-0.4, -0.2) is 52.7 Å². The van der Waals surface area contributed by atoms with Crippen LogP contribution in [-0.2, 0) is 11.4 Å². The van der Waals surface area contributed by atoms with Gasteiger partial charge in [-0.05, 0) is 81.6 Å². The van der Waals surface area contributed by atoms with E-state index in [0.717, 1.165) is 53.8 Å². The van der Waals surface area contributed by atoms with E-state index in [0.29, 0.717) is 31.3 Å². The van der Waals surface area contributed by atoms with Gasteiger partial charge in [0.05, 0.1) is 12.1 Å². The maximum atomic E-state index is 13.0. The monoisotopic (exact) mass is 539 g/mol. The van der Waals surface area contributed by atoms with Gasteiger partial charge >= 0.3 is 0 Å². The van der Waals surface area contributed by atoms with E-state index in [-0.39, 0.29) is 17.9 Å². The number of fused-ring (bicyclic) bond motifs is 1. The van der Waals surface area contributed by atoms with Crippen molar-refractivity contribution in [2.75, 3.05) is 31.5 Å². The van der Waals surface area contributed by atoms with Crippen molar-refractivity contribution in [3.63, 3.8) is 0 Å². The van der Waals surface area contributed by atoms with E-state index in [9.17, 15) is 9.59 Å². The molecule has 1 aliphatic rings. The molecular weight excluding hydrogens is 502 g/mol. The maximum absolute atomic E-state index is 13.0. The van der Waals surface area contributed by atoms with Crippen molar-refractivity contribution in [1.29, 1.82) is 0 Å². The van der Waals surface area contributed by atoms with Crippen molar-refractivity contribution in [3.8, 4) is 5.75 Å². The Labute approximate surface area is 235 Å². The van der Waals surface area contributed by atoms with E-state index in [1.165, 1.54) is 0 Å². The number of nitrogens with zero attached hydrogens (tertiary/aromatic N) is 3. The van der Waals surface area contributed by atoms with Crippen LogP contribution in [0.4, 0.5) is 5.69 Å². The summed E-state index contributed by atoms with van der Waals surface area (Å²) in [4.78, 5) is 27.8. The first-order chi connectivity index (χ1) is 19.5. The van der Waals surface area contributed by atoms with E-state index >= 15 is 0 Å². The van der Waals surface area contributed by atoms with Gasteiger partial charge in [-0.25, -0.2) is 0 Å². The van der Waals surface area contributed by atoms with Gasteiger partial charge in [0.2, 0.25) is 5.91 Å². The highest BCUT2D eigenvalue weighted by Crippen LogP contribution is 2.23. The zero-order valence-corrected chi connectivity index (χ0v) is 23.2. The van der Waals surface area contributed by atoms with E-state index in [1.54, 1.807) is 0 Å². The molecule has 0 radical (unpaired) electrons. The minimum atomic E-state index is -0.131. The molecule has 2 heterocycles. The zero-order chi connectivity index (χ0) is 27.9. The van der Waals surface area contributed by atoms with E-state index in [4.69, 9.17) is 4.74 Å². The van der Waals surface area contributed by atoms with Crippen molar-refractivity contribution in [2.45, 2.75) is 39.3 Å². The van der Waals surface area contributed by atoms with Crippen LogP contribution < -0.4 is 15.4 Å². The largest absolute Gasteiger partial charge is 0.489 e. The zero-order valence-electron chi connectivity index (χ0n) is 23.2. The number of benzene rings is 3. The van der Waals surface area contributed by atoms with Gasteiger partial charge in [-0.1, -0.05) is 48.5 Å². The van der Waals surface area contributed by atoms with Gasteiger partial charge in [0.1, 0.15) is 12.4 Å². The van der Waals surface area contributed by atoms with E-state index < -0.39 is 0 Å². The predicted octanol–water partition coefficient (Wildman–Crippen LogP) is 5.28. The Morgan fingerprint density at radius 3 is 2.38 bits per heavy atom. The smallest absolute Gasteiger partial charge is 0.272 e. The number of rotatable bonds is 10. The van der Waals surface area contributed by atoms with Crippen LogP contribution in [0.1, 0.15) is 48.8 Å². The number of likely N-dealkylation sites (tertiary alicyclic amines) is 1.